The lowest BCUT2D eigenvalue weighted by Crippen LogP contribution is -2.42. The van der Waals surface area contributed by atoms with Crippen LogP contribution in [0.15, 0.2) is 0 Å². The molecule has 0 bridgehead atoms. The van der Waals surface area contributed by atoms with E-state index in [1.54, 1.807) is 0 Å². The predicted molar refractivity (Wildman–Crippen MR) is 63.7 cm³/mol. The molecule has 1 atom stereocenters. The van der Waals surface area contributed by atoms with Crippen molar-refractivity contribution < 1.29 is 19.0 Å². The van der Waals surface area contributed by atoms with Crippen LogP contribution in [0.4, 0.5) is 0 Å². The zero-order valence-corrected chi connectivity index (χ0v) is 11.0. The lowest BCUT2D eigenvalue weighted by atomic mass is 10.2. The highest BCUT2D eigenvalue weighted by Gasteiger charge is 2.33. The number of rotatable bonds is 7. The van der Waals surface area contributed by atoms with Crippen LogP contribution in [-0.4, -0.2) is 56.6 Å². The minimum atomic E-state index is -0.254. The number of ether oxygens (including phenoxy) is 3. The molecule has 0 aromatic carbocycles. The van der Waals surface area contributed by atoms with E-state index >= 15 is 0 Å². The van der Waals surface area contributed by atoms with Gasteiger partial charge < -0.3 is 14.2 Å². The third-order valence-electron chi connectivity index (χ3n) is 2.93. The Morgan fingerprint density at radius 1 is 1.35 bits per heavy atom. The Morgan fingerprint density at radius 2 is 2.00 bits per heavy atom. The van der Waals surface area contributed by atoms with Crippen LogP contribution in [-0.2, 0) is 19.0 Å². The molecule has 0 aromatic rings. The number of hydrogen-bond donors (Lipinski definition) is 0. The molecule has 1 saturated heterocycles. The summed E-state index contributed by atoms with van der Waals surface area (Å²) in [5.41, 5.74) is 0. The van der Waals surface area contributed by atoms with E-state index in [-0.39, 0.29) is 18.3 Å². The molecule has 17 heavy (non-hydrogen) atoms. The highest BCUT2D eigenvalue weighted by Crippen LogP contribution is 2.19. The van der Waals surface area contributed by atoms with E-state index in [9.17, 15) is 4.79 Å². The first-order chi connectivity index (χ1) is 8.22. The molecule has 5 nitrogen and oxygen atoms in total. The highest BCUT2D eigenvalue weighted by atomic mass is 16.7. The molecule has 0 N–H and O–H groups in total. The molecule has 0 spiro atoms. The van der Waals surface area contributed by atoms with Gasteiger partial charge in [-0.1, -0.05) is 0 Å². The monoisotopic (exact) mass is 245 g/mol. The van der Waals surface area contributed by atoms with Crippen molar-refractivity contribution in [3.63, 3.8) is 0 Å². The maximum atomic E-state index is 11.6. The van der Waals surface area contributed by atoms with Crippen molar-refractivity contribution in [3.8, 4) is 0 Å². The number of methoxy groups -OCH3 is 1. The quantitative estimate of drug-likeness (QED) is 0.495. The highest BCUT2D eigenvalue weighted by molar-refractivity contribution is 5.75. The topological polar surface area (TPSA) is 48.0 Å². The number of likely N-dealkylation sites (tertiary alicyclic amines) is 1. The van der Waals surface area contributed by atoms with Gasteiger partial charge in [-0.15, -0.1) is 0 Å². The molecular weight excluding hydrogens is 222 g/mol. The van der Waals surface area contributed by atoms with Crippen molar-refractivity contribution in [3.05, 3.63) is 0 Å². The van der Waals surface area contributed by atoms with Gasteiger partial charge in [-0.25, -0.2) is 0 Å². The Bertz CT molecular complexity index is 229. The predicted octanol–water partition coefficient (Wildman–Crippen LogP) is 1.02. The third kappa shape index (κ3) is 4.26. The minimum absolute atomic E-state index is 0.136. The fourth-order valence-corrected chi connectivity index (χ4v) is 2.16. The Morgan fingerprint density at radius 3 is 2.53 bits per heavy atom. The second kappa shape index (κ2) is 7.63. The summed E-state index contributed by atoms with van der Waals surface area (Å²) in [6.45, 7) is 6.63. The van der Waals surface area contributed by atoms with Crippen LogP contribution >= 0.6 is 0 Å². The number of carbonyl (C=O) groups excluding carboxylic acids is 1. The second-order valence-electron chi connectivity index (χ2n) is 4.02. The molecule has 0 unspecified atom stereocenters. The van der Waals surface area contributed by atoms with Crippen molar-refractivity contribution in [2.24, 2.45) is 0 Å². The molecule has 0 aromatic heterocycles. The molecule has 100 valence electrons. The van der Waals surface area contributed by atoms with Gasteiger partial charge in [0.15, 0.2) is 6.29 Å². The zero-order valence-electron chi connectivity index (χ0n) is 11.0. The summed E-state index contributed by atoms with van der Waals surface area (Å²) >= 11 is 0. The summed E-state index contributed by atoms with van der Waals surface area (Å²) in [5, 5.41) is 0. The second-order valence-corrected chi connectivity index (χ2v) is 4.02. The summed E-state index contributed by atoms with van der Waals surface area (Å²) in [7, 11) is 1.43. The molecule has 1 aliphatic heterocycles. The van der Waals surface area contributed by atoms with Gasteiger partial charge in [-0.3, -0.25) is 9.69 Å². The van der Waals surface area contributed by atoms with E-state index in [0.717, 1.165) is 19.4 Å². The number of nitrogens with zero attached hydrogens (tertiary/aromatic N) is 1. The van der Waals surface area contributed by atoms with Gasteiger partial charge in [-0.2, -0.15) is 0 Å². The third-order valence-corrected chi connectivity index (χ3v) is 2.93. The molecule has 1 rings (SSSR count). The smallest absolute Gasteiger partial charge is 0.323 e. The standard InChI is InChI=1S/C12H23NO4/c1-4-16-11(17-5-2)9-13-8-6-7-10(13)12(14)15-3/h10-11H,4-9H2,1-3H3/t10-/m0/s1. The van der Waals surface area contributed by atoms with Crippen LogP contribution < -0.4 is 0 Å². The molecule has 1 aliphatic rings. The van der Waals surface area contributed by atoms with Crippen molar-refractivity contribution in [2.45, 2.75) is 39.0 Å². The van der Waals surface area contributed by atoms with Crippen molar-refractivity contribution in [1.82, 2.24) is 4.90 Å². The van der Waals surface area contributed by atoms with Crippen molar-refractivity contribution in [2.75, 3.05) is 33.4 Å². The van der Waals surface area contributed by atoms with Crippen molar-refractivity contribution in [1.29, 1.82) is 0 Å². The molecule has 0 amide bonds. The normalized spacial score (nSPS) is 21.1. The summed E-state index contributed by atoms with van der Waals surface area (Å²) < 4.78 is 15.8. The van der Waals surface area contributed by atoms with Crippen LogP contribution in [0, 0.1) is 0 Å². The van der Waals surface area contributed by atoms with Crippen LogP contribution in [0.5, 0.6) is 0 Å². The fraction of sp³-hybridized carbons (Fsp3) is 0.917. The Hall–Kier alpha value is -0.650. The van der Waals surface area contributed by atoms with Crippen LogP contribution in [0.25, 0.3) is 0 Å². The van der Waals surface area contributed by atoms with Gasteiger partial charge in [0.2, 0.25) is 0 Å². The SMILES string of the molecule is CCOC(CN1CCC[C@H]1C(=O)OC)OCC. The Balaban J connectivity index is 2.49. The van der Waals surface area contributed by atoms with E-state index in [4.69, 9.17) is 14.2 Å². The average Bonchev–Trinajstić information content (AvgIpc) is 2.77. The number of esters is 1. The van der Waals surface area contributed by atoms with Crippen molar-refractivity contribution >= 4 is 5.97 Å². The summed E-state index contributed by atoms with van der Waals surface area (Å²) in [5.74, 6) is -0.158. The lowest BCUT2D eigenvalue weighted by molar-refractivity contribution is -0.158. The Kier molecular flexibility index (Phi) is 6.47. The first-order valence-electron chi connectivity index (χ1n) is 6.28. The van der Waals surface area contributed by atoms with Gasteiger partial charge in [0.1, 0.15) is 6.04 Å². The lowest BCUT2D eigenvalue weighted by Gasteiger charge is -2.27. The van der Waals surface area contributed by atoms with Crippen LogP contribution in [0.1, 0.15) is 26.7 Å². The first kappa shape index (κ1) is 14.4. The molecule has 0 radical (unpaired) electrons. The maximum Gasteiger partial charge on any atom is 0.323 e. The molecular formula is C12H23NO4. The van der Waals surface area contributed by atoms with Crippen LogP contribution in [0.2, 0.25) is 0 Å². The average molecular weight is 245 g/mol. The van der Waals surface area contributed by atoms with Gasteiger partial charge >= 0.3 is 5.97 Å². The van der Waals surface area contributed by atoms with E-state index in [2.05, 4.69) is 4.90 Å². The molecule has 0 aliphatic carbocycles. The molecule has 1 fully saturated rings. The number of hydrogen-bond acceptors (Lipinski definition) is 5. The van der Waals surface area contributed by atoms with E-state index in [1.807, 2.05) is 13.8 Å². The summed E-state index contributed by atoms with van der Waals surface area (Å²) in [6.07, 6.45) is 1.62. The van der Waals surface area contributed by atoms with Crippen LogP contribution in [0.3, 0.4) is 0 Å². The van der Waals surface area contributed by atoms with E-state index in [1.165, 1.54) is 7.11 Å². The molecule has 1 heterocycles. The van der Waals surface area contributed by atoms with Gasteiger partial charge in [0.25, 0.3) is 0 Å². The summed E-state index contributed by atoms with van der Waals surface area (Å²) in [4.78, 5) is 13.7. The van der Waals surface area contributed by atoms with E-state index in [0.29, 0.717) is 19.8 Å². The maximum absolute atomic E-state index is 11.6. The Labute approximate surface area is 103 Å². The number of carbonyl (C=O) groups is 1. The van der Waals surface area contributed by atoms with Gasteiger partial charge in [0, 0.05) is 13.2 Å². The van der Waals surface area contributed by atoms with Gasteiger partial charge in [0.05, 0.1) is 13.7 Å². The minimum Gasteiger partial charge on any atom is -0.468 e. The summed E-state index contributed by atoms with van der Waals surface area (Å²) in [6, 6.07) is -0.136. The molecule has 0 saturated carbocycles. The first-order valence-corrected chi connectivity index (χ1v) is 6.28. The molecule has 5 heteroatoms. The fourth-order valence-electron chi connectivity index (χ4n) is 2.16. The van der Waals surface area contributed by atoms with E-state index < -0.39 is 0 Å². The zero-order chi connectivity index (χ0) is 12.7. The van der Waals surface area contributed by atoms with Gasteiger partial charge in [-0.05, 0) is 33.2 Å². The largest absolute Gasteiger partial charge is 0.468 e.